The van der Waals surface area contributed by atoms with Crippen molar-refractivity contribution >= 4 is 28.5 Å². The lowest BCUT2D eigenvalue weighted by molar-refractivity contribution is -0.00177. The number of amides is 2. The first kappa shape index (κ1) is 22.7. The van der Waals surface area contributed by atoms with Crippen molar-refractivity contribution in [2.75, 3.05) is 11.9 Å². The summed E-state index contributed by atoms with van der Waals surface area (Å²) >= 11 is 0. The molecule has 0 radical (unpaired) electrons. The summed E-state index contributed by atoms with van der Waals surface area (Å²) in [6.45, 7) is 2.39. The van der Waals surface area contributed by atoms with Gasteiger partial charge in [-0.3, -0.25) is 14.2 Å². The van der Waals surface area contributed by atoms with E-state index in [9.17, 15) is 19.1 Å². The Morgan fingerprint density at radius 1 is 1.30 bits per heavy atom. The Kier molecular flexibility index (Phi) is 6.03. The van der Waals surface area contributed by atoms with Gasteiger partial charge in [0.05, 0.1) is 29.0 Å². The molecule has 33 heavy (non-hydrogen) atoms. The zero-order valence-electron chi connectivity index (χ0n) is 18.5. The Morgan fingerprint density at radius 3 is 2.70 bits per heavy atom. The number of nitrogens with one attached hydrogen (secondary N) is 2. The van der Waals surface area contributed by atoms with Crippen LogP contribution in [0.5, 0.6) is 0 Å². The maximum absolute atomic E-state index is 14.1. The number of anilines is 1. The molecule has 0 bridgehead atoms. The number of alkyl halides is 1. The highest BCUT2D eigenvalue weighted by molar-refractivity contribution is 6.00. The predicted octanol–water partition coefficient (Wildman–Crippen LogP) is 2.32. The summed E-state index contributed by atoms with van der Waals surface area (Å²) in [5.41, 5.74) is 5.55. The number of nitrogens with two attached hydrogens (primary N) is 1. The molecule has 9 nitrogen and oxygen atoms in total. The van der Waals surface area contributed by atoms with E-state index in [-0.39, 0.29) is 18.2 Å². The van der Waals surface area contributed by atoms with E-state index in [1.807, 2.05) is 0 Å². The second-order valence-electron chi connectivity index (χ2n) is 8.88. The van der Waals surface area contributed by atoms with Crippen LogP contribution in [0.1, 0.15) is 53.8 Å². The van der Waals surface area contributed by atoms with Gasteiger partial charge in [0.2, 0.25) is 5.91 Å². The minimum absolute atomic E-state index is 0.245. The number of fused-ring (bicyclic) bond motifs is 1. The molecule has 3 heterocycles. The molecule has 3 aromatic heterocycles. The minimum Gasteiger partial charge on any atom is -0.387 e. The van der Waals surface area contributed by atoms with Gasteiger partial charge < -0.3 is 21.5 Å². The lowest BCUT2D eigenvalue weighted by Gasteiger charge is -2.28. The number of aromatic nitrogens is 3. The highest BCUT2D eigenvalue weighted by Gasteiger charge is 2.28. The summed E-state index contributed by atoms with van der Waals surface area (Å²) in [5.74, 6) is -0.510. The third-order valence-electron chi connectivity index (χ3n) is 5.87. The molecule has 3 aromatic rings. The Balaban J connectivity index is 1.64. The van der Waals surface area contributed by atoms with Crippen LogP contribution in [0.15, 0.2) is 36.8 Å². The maximum atomic E-state index is 14.1. The van der Waals surface area contributed by atoms with Gasteiger partial charge in [0.15, 0.2) is 0 Å². The van der Waals surface area contributed by atoms with Crippen LogP contribution in [0, 0.1) is 0 Å². The standard InChI is InChI=1S/C23H27FN6O3/c1-23(2,33)18(24)12-28-22(32)16-11-26-19(9-17(16)29-15-4-3-5-15)30-7-6-13-8-14(20(25)31)10-27-21(13)30/h6-11,15,18,33H,3-5,12H2,1-2H3,(H2,25,31)(H,26,29)(H,28,32). The van der Waals surface area contributed by atoms with Crippen LogP contribution < -0.4 is 16.4 Å². The number of carbonyl (C=O) groups is 2. The van der Waals surface area contributed by atoms with Crippen LogP contribution in [-0.4, -0.2) is 55.8 Å². The Morgan fingerprint density at radius 2 is 2.06 bits per heavy atom. The van der Waals surface area contributed by atoms with Crippen LogP contribution in [0.2, 0.25) is 0 Å². The summed E-state index contributed by atoms with van der Waals surface area (Å²) in [4.78, 5) is 33.0. The molecule has 1 fully saturated rings. The molecule has 1 aliphatic carbocycles. The molecule has 5 N–H and O–H groups in total. The maximum Gasteiger partial charge on any atom is 0.255 e. The molecule has 0 aromatic carbocycles. The average Bonchev–Trinajstić information content (AvgIpc) is 3.16. The summed E-state index contributed by atoms with van der Waals surface area (Å²) < 4.78 is 15.9. The smallest absolute Gasteiger partial charge is 0.255 e. The van der Waals surface area contributed by atoms with Gasteiger partial charge in [0.1, 0.15) is 17.6 Å². The number of hydrogen-bond acceptors (Lipinski definition) is 6. The molecule has 0 aliphatic heterocycles. The average molecular weight is 455 g/mol. The van der Waals surface area contributed by atoms with Crippen molar-refractivity contribution < 1.29 is 19.1 Å². The molecule has 1 atom stereocenters. The zero-order valence-corrected chi connectivity index (χ0v) is 18.5. The van der Waals surface area contributed by atoms with Crippen molar-refractivity contribution in [3.8, 4) is 5.82 Å². The van der Waals surface area contributed by atoms with E-state index in [2.05, 4.69) is 20.6 Å². The number of primary amides is 1. The number of pyridine rings is 2. The van der Waals surface area contributed by atoms with E-state index in [0.717, 1.165) is 24.6 Å². The zero-order chi connectivity index (χ0) is 23.8. The van der Waals surface area contributed by atoms with Crippen molar-refractivity contribution in [3.05, 3.63) is 47.9 Å². The van der Waals surface area contributed by atoms with Gasteiger partial charge in [-0.15, -0.1) is 0 Å². The third kappa shape index (κ3) is 4.80. The molecular formula is C23H27FN6O3. The van der Waals surface area contributed by atoms with E-state index in [4.69, 9.17) is 5.73 Å². The molecule has 10 heteroatoms. The first-order valence-corrected chi connectivity index (χ1v) is 10.8. The lowest BCUT2D eigenvalue weighted by Crippen LogP contribution is -2.42. The van der Waals surface area contributed by atoms with Crippen molar-refractivity contribution in [2.45, 2.75) is 50.9 Å². The normalized spacial score (nSPS) is 15.2. The molecular weight excluding hydrogens is 427 g/mol. The van der Waals surface area contributed by atoms with E-state index in [1.165, 1.54) is 26.2 Å². The van der Waals surface area contributed by atoms with E-state index < -0.39 is 23.6 Å². The third-order valence-corrected chi connectivity index (χ3v) is 5.87. The molecule has 4 rings (SSSR count). The van der Waals surface area contributed by atoms with Crippen molar-refractivity contribution in [2.24, 2.45) is 5.73 Å². The fraction of sp³-hybridized carbons (Fsp3) is 0.391. The van der Waals surface area contributed by atoms with Gasteiger partial charge in [-0.25, -0.2) is 14.4 Å². The van der Waals surface area contributed by atoms with Crippen LogP contribution >= 0.6 is 0 Å². The van der Waals surface area contributed by atoms with Gasteiger partial charge in [0.25, 0.3) is 5.91 Å². The molecule has 1 unspecified atom stereocenters. The molecule has 2 amide bonds. The Hall–Kier alpha value is -3.53. The molecule has 1 saturated carbocycles. The van der Waals surface area contributed by atoms with Crippen LogP contribution in [-0.2, 0) is 0 Å². The number of nitrogens with zero attached hydrogens (tertiary/aromatic N) is 3. The fourth-order valence-corrected chi connectivity index (χ4v) is 3.52. The van der Waals surface area contributed by atoms with Crippen LogP contribution in [0.4, 0.5) is 10.1 Å². The van der Waals surface area contributed by atoms with Gasteiger partial charge in [-0.05, 0) is 45.2 Å². The number of hydrogen-bond donors (Lipinski definition) is 4. The van der Waals surface area contributed by atoms with Crippen molar-refractivity contribution in [1.82, 2.24) is 19.9 Å². The summed E-state index contributed by atoms with van der Waals surface area (Å²) in [6, 6.07) is 5.45. The number of rotatable bonds is 8. The second-order valence-corrected chi connectivity index (χ2v) is 8.88. The largest absolute Gasteiger partial charge is 0.387 e. The summed E-state index contributed by atoms with van der Waals surface area (Å²) in [6.07, 6.45) is 6.11. The quantitative estimate of drug-likeness (QED) is 0.413. The SMILES string of the molecule is CC(C)(O)C(F)CNC(=O)c1cnc(-n2ccc3cc(C(N)=O)cnc32)cc1NC1CCC1. The van der Waals surface area contributed by atoms with Gasteiger partial charge >= 0.3 is 0 Å². The number of carbonyl (C=O) groups excluding carboxylic acids is 2. The summed E-state index contributed by atoms with van der Waals surface area (Å²) in [5, 5.41) is 16.4. The number of aliphatic hydroxyl groups is 1. The summed E-state index contributed by atoms with van der Waals surface area (Å²) in [7, 11) is 0. The first-order chi connectivity index (χ1) is 15.6. The van der Waals surface area contributed by atoms with Gasteiger partial charge in [-0.2, -0.15) is 0 Å². The van der Waals surface area contributed by atoms with Crippen molar-refractivity contribution in [3.63, 3.8) is 0 Å². The lowest BCUT2D eigenvalue weighted by atomic mass is 9.92. The molecule has 0 spiro atoms. The van der Waals surface area contributed by atoms with Gasteiger partial charge in [0, 0.05) is 36.1 Å². The Labute approximate surface area is 190 Å². The van der Waals surface area contributed by atoms with E-state index in [1.54, 1.807) is 29.0 Å². The van der Waals surface area contributed by atoms with E-state index in [0.29, 0.717) is 22.7 Å². The molecule has 0 saturated heterocycles. The fourth-order valence-electron chi connectivity index (χ4n) is 3.52. The predicted molar refractivity (Wildman–Crippen MR) is 122 cm³/mol. The highest BCUT2D eigenvalue weighted by atomic mass is 19.1. The molecule has 1 aliphatic rings. The number of halogens is 1. The Bertz CT molecular complexity index is 1200. The second kappa shape index (κ2) is 8.78. The molecule has 174 valence electrons. The topological polar surface area (TPSA) is 135 Å². The van der Waals surface area contributed by atoms with Crippen LogP contribution in [0.3, 0.4) is 0 Å². The first-order valence-electron chi connectivity index (χ1n) is 10.8. The minimum atomic E-state index is -1.61. The van der Waals surface area contributed by atoms with E-state index >= 15 is 0 Å². The highest BCUT2D eigenvalue weighted by Crippen LogP contribution is 2.28. The van der Waals surface area contributed by atoms with Gasteiger partial charge in [-0.1, -0.05) is 0 Å². The van der Waals surface area contributed by atoms with Crippen molar-refractivity contribution in [1.29, 1.82) is 0 Å². The monoisotopic (exact) mass is 454 g/mol. The van der Waals surface area contributed by atoms with Crippen LogP contribution in [0.25, 0.3) is 16.9 Å².